The molecule has 0 bridgehead atoms. The van der Waals surface area contributed by atoms with Crippen LogP contribution >= 0.6 is 11.8 Å². The molecule has 1 heterocycles. The Morgan fingerprint density at radius 3 is 2.62 bits per heavy atom. The van der Waals surface area contributed by atoms with Crippen molar-refractivity contribution >= 4 is 17.7 Å². The maximum absolute atomic E-state index is 11.9. The van der Waals surface area contributed by atoms with Gasteiger partial charge in [-0.15, -0.1) is 10.2 Å². The molecule has 2 rings (SSSR count). The Morgan fingerprint density at radius 1 is 1.23 bits per heavy atom. The van der Waals surface area contributed by atoms with E-state index in [9.17, 15) is 4.79 Å². The molecule has 0 atom stereocenters. The second-order valence-electron chi connectivity index (χ2n) is 6.59. The molecule has 0 radical (unpaired) electrons. The van der Waals surface area contributed by atoms with Crippen LogP contribution < -0.4 is 20.2 Å². The summed E-state index contributed by atoms with van der Waals surface area (Å²) in [5.41, 5.74) is 3.97. The maximum atomic E-state index is 11.9. The van der Waals surface area contributed by atoms with Crippen LogP contribution in [0.1, 0.15) is 26.3 Å². The summed E-state index contributed by atoms with van der Waals surface area (Å²) in [5.74, 6) is 1.58. The van der Waals surface area contributed by atoms with Crippen molar-refractivity contribution in [2.45, 2.75) is 38.0 Å². The van der Waals surface area contributed by atoms with Gasteiger partial charge in [0.1, 0.15) is 6.33 Å². The number of ether oxygens (including phenoxy) is 2. The number of thioether (sulfide) groups is 1. The Hall–Kier alpha value is -2.42. The van der Waals surface area contributed by atoms with Crippen molar-refractivity contribution in [2.24, 2.45) is 0 Å². The highest BCUT2D eigenvalue weighted by molar-refractivity contribution is 7.99. The normalized spacial score (nSPS) is 11.1. The van der Waals surface area contributed by atoms with Crippen LogP contribution in [0.25, 0.3) is 0 Å². The van der Waals surface area contributed by atoms with Crippen LogP contribution in [0.2, 0.25) is 0 Å². The predicted molar refractivity (Wildman–Crippen MR) is 101 cm³/mol. The average Bonchev–Trinajstić information content (AvgIpc) is 3.03. The van der Waals surface area contributed by atoms with E-state index in [4.69, 9.17) is 9.47 Å². The van der Waals surface area contributed by atoms with Gasteiger partial charge in [0.25, 0.3) is 0 Å². The minimum absolute atomic E-state index is 0.0445. The van der Waals surface area contributed by atoms with Crippen molar-refractivity contribution in [1.82, 2.24) is 20.2 Å². The molecule has 0 saturated carbocycles. The fourth-order valence-corrected chi connectivity index (χ4v) is 2.87. The monoisotopic (exact) mass is 379 g/mol. The standard InChI is InChI=1S/C17H25N5O3S/c1-17(2,3)20-15(23)10-26-16-21-18-11-22(16)19-9-12-6-7-13(24-4)14(8-12)25-5/h6-8,11,19H,9-10H2,1-5H3,(H,20,23). The van der Waals surface area contributed by atoms with E-state index in [1.54, 1.807) is 25.2 Å². The molecule has 142 valence electrons. The number of amides is 1. The van der Waals surface area contributed by atoms with E-state index < -0.39 is 0 Å². The van der Waals surface area contributed by atoms with E-state index in [0.717, 1.165) is 5.56 Å². The van der Waals surface area contributed by atoms with Crippen LogP contribution in [0.5, 0.6) is 11.5 Å². The van der Waals surface area contributed by atoms with Crippen molar-refractivity contribution in [3.8, 4) is 11.5 Å². The lowest BCUT2D eigenvalue weighted by atomic mass is 10.1. The summed E-state index contributed by atoms with van der Waals surface area (Å²) >= 11 is 1.32. The molecule has 0 fully saturated rings. The molecule has 0 aliphatic heterocycles. The smallest absolute Gasteiger partial charge is 0.230 e. The first kappa shape index (κ1) is 19.9. The van der Waals surface area contributed by atoms with Gasteiger partial charge in [0.05, 0.1) is 26.5 Å². The lowest BCUT2D eigenvalue weighted by Crippen LogP contribution is -2.41. The van der Waals surface area contributed by atoms with Crippen LogP contribution in [-0.2, 0) is 11.3 Å². The molecule has 9 heteroatoms. The van der Waals surface area contributed by atoms with Crippen molar-refractivity contribution < 1.29 is 14.3 Å². The quantitative estimate of drug-likeness (QED) is 0.678. The molecule has 0 unspecified atom stereocenters. The van der Waals surface area contributed by atoms with Gasteiger partial charge in [-0.05, 0) is 38.5 Å². The van der Waals surface area contributed by atoms with Crippen LogP contribution in [0.4, 0.5) is 0 Å². The molecule has 0 saturated heterocycles. The fraction of sp³-hybridized carbons (Fsp3) is 0.471. The van der Waals surface area contributed by atoms with Gasteiger partial charge in [-0.1, -0.05) is 17.8 Å². The van der Waals surface area contributed by atoms with Crippen molar-refractivity contribution in [3.63, 3.8) is 0 Å². The van der Waals surface area contributed by atoms with Gasteiger partial charge in [0.15, 0.2) is 11.5 Å². The number of carbonyl (C=O) groups excluding carboxylic acids is 1. The summed E-state index contributed by atoms with van der Waals surface area (Å²) < 4.78 is 12.2. The number of hydrogen-bond donors (Lipinski definition) is 2. The first-order valence-corrected chi connectivity index (χ1v) is 9.09. The third-order valence-electron chi connectivity index (χ3n) is 3.26. The van der Waals surface area contributed by atoms with E-state index in [2.05, 4.69) is 20.9 Å². The van der Waals surface area contributed by atoms with Crippen LogP contribution in [-0.4, -0.2) is 46.3 Å². The Labute approximate surface area is 157 Å². The van der Waals surface area contributed by atoms with Gasteiger partial charge in [0.2, 0.25) is 11.1 Å². The Balaban J connectivity index is 1.93. The molecule has 1 amide bonds. The fourth-order valence-electron chi connectivity index (χ4n) is 2.18. The topological polar surface area (TPSA) is 90.3 Å². The number of aromatic nitrogens is 3. The minimum atomic E-state index is -0.253. The van der Waals surface area contributed by atoms with E-state index in [1.807, 2.05) is 39.0 Å². The molecule has 1 aromatic carbocycles. The summed E-state index contributed by atoms with van der Waals surface area (Å²) in [6.45, 7) is 6.38. The third kappa shape index (κ3) is 5.83. The Kier molecular flexibility index (Phi) is 6.73. The second-order valence-corrected chi connectivity index (χ2v) is 7.54. The van der Waals surface area contributed by atoms with Crippen LogP contribution in [0.15, 0.2) is 29.7 Å². The predicted octanol–water partition coefficient (Wildman–Crippen LogP) is 2.05. The summed E-state index contributed by atoms with van der Waals surface area (Å²) in [4.78, 5) is 11.9. The van der Waals surface area contributed by atoms with Crippen LogP contribution in [0, 0.1) is 0 Å². The highest BCUT2D eigenvalue weighted by atomic mass is 32.2. The summed E-state index contributed by atoms with van der Waals surface area (Å²) in [6, 6.07) is 5.70. The molecule has 2 N–H and O–H groups in total. The minimum Gasteiger partial charge on any atom is -0.493 e. The number of carbonyl (C=O) groups is 1. The highest BCUT2D eigenvalue weighted by Gasteiger charge is 2.15. The van der Waals surface area contributed by atoms with Crippen molar-refractivity contribution in [2.75, 3.05) is 25.4 Å². The Morgan fingerprint density at radius 2 is 1.96 bits per heavy atom. The zero-order valence-corrected chi connectivity index (χ0v) is 16.5. The number of rotatable bonds is 8. The molecular weight excluding hydrogens is 354 g/mol. The molecular formula is C17H25N5O3S. The number of methoxy groups -OCH3 is 2. The SMILES string of the molecule is COc1ccc(CNn2cnnc2SCC(=O)NC(C)(C)C)cc1OC. The van der Waals surface area contributed by atoms with Crippen molar-refractivity contribution in [3.05, 3.63) is 30.1 Å². The van der Waals surface area contributed by atoms with Gasteiger partial charge in [-0.3, -0.25) is 4.79 Å². The molecule has 0 aliphatic rings. The molecule has 1 aromatic heterocycles. The zero-order valence-electron chi connectivity index (χ0n) is 15.7. The Bertz CT molecular complexity index is 742. The van der Waals surface area contributed by atoms with Gasteiger partial charge in [0, 0.05) is 5.54 Å². The maximum Gasteiger partial charge on any atom is 0.230 e. The van der Waals surface area contributed by atoms with E-state index in [1.165, 1.54) is 11.8 Å². The van der Waals surface area contributed by atoms with Gasteiger partial charge in [-0.25, -0.2) is 4.68 Å². The van der Waals surface area contributed by atoms with Gasteiger partial charge < -0.3 is 20.2 Å². The van der Waals surface area contributed by atoms with Crippen LogP contribution in [0.3, 0.4) is 0 Å². The first-order chi connectivity index (χ1) is 12.3. The molecule has 0 aliphatic carbocycles. The lowest BCUT2D eigenvalue weighted by Gasteiger charge is -2.20. The van der Waals surface area contributed by atoms with E-state index >= 15 is 0 Å². The number of nitrogens with zero attached hydrogens (tertiary/aromatic N) is 3. The summed E-state index contributed by atoms with van der Waals surface area (Å²) in [7, 11) is 3.21. The van der Waals surface area contributed by atoms with Gasteiger partial charge >= 0.3 is 0 Å². The third-order valence-corrected chi connectivity index (χ3v) is 4.21. The molecule has 8 nitrogen and oxygen atoms in total. The zero-order chi connectivity index (χ0) is 19.2. The van der Waals surface area contributed by atoms with Gasteiger partial charge in [-0.2, -0.15) is 0 Å². The number of hydrogen-bond acceptors (Lipinski definition) is 7. The van der Waals surface area contributed by atoms with E-state index in [0.29, 0.717) is 23.2 Å². The highest BCUT2D eigenvalue weighted by Crippen LogP contribution is 2.27. The summed E-state index contributed by atoms with van der Waals surface area (Å²) in [5, 5.41) is 11.5. The number of nitrogens with one attached hydrogen (secondary N) is 2. The largest absolute Gasteiger partial charge is 0.493 e. The summed E-state index contributed by atoms with van der Waals surface area (Å²) in [6.07, 6.45) is 1.57. The van der Waals surface area contributed by atoms with E-state index in [-0.39, 0.29) is 17.2 Å². The molecule has 26 heavy (non-hydrogen) atoms. The first-order valence-electron chi connectivity index (χ1n) is 8.11. The average molecular weight is 379 g/mol. The van der Waals surface area contributed by atoms with Crippen molar-refractivity contribution in [1.29, 1.82) is 0 Å². The lowest BCUT2D eigenvalue weighted by molar-refractivity contribution is -0.119. The molecule has 0 spiro atoms. The number of benzene rings is 1. The second kappa shape index (κ2) is 8.79. The molecule has 2 aromatic rings.